The fourth-order valence-electron chi connectivity index (χ4n) is 2.38. The molecule has 2 aromatic heterocycles. The van der Waals surface area contributed by atoms with Crippen LogP contribution in [0.15, 0.2) is 23.0 Å². The summed E-state index contributed by atoms with van der Waals surface area (Å²) in [7, 11) is 1.24. The molecule has 0 bridgehead atoms. The number of imidazole rings is 1. The first kappa shape index (κ1) is 17.1. The predicted molar refractivity (Wildman–Crippen MR) is 84.7 cm³/mol. The number of nitrogens with two attached hydrogens (primary N) is 1. The molecule has 0 aliphatic heterocycles. The van der Waals surface area contributed by atoms with Gasteiger partial charge in [-0.05, 0) is 12.1 Å². The number of benzene rings is 1. The zero-order valence-corrected chi connectivity index (χ0v) is 13.4. The minimum atomic E-state index is -4.50. The number of rotatable bonds is 3. The molecule has 2 heterocycles. The summed E-state index contributed by atoms with van der Waals surface area (Å²) < 4.78 is 44.6. The Labute approximate surface area is 143 Å². The zero-order valence-electron chi connectivity index (χ0n) is 12.7. The molecule has 1 aromatic carbocycles. The molecule has 0 amide bonds. The van der Waals surface area contributed by atoms with Crippen molar-refractivity contribution in [1.29, 1.82) is 0 Å². The summed E-state index contributed by atoms with van der Waals surface area (Å²) in [4.78, 5) is 22.3. The fourth-order valence-corrected chi connectivity index (χ4v) is 2.60. The molecule has 3 aromatic rings. The molecule has 0 aliphatic carbocycles. The maximum absolute atomic E-state index is 12.8. The van der Waals surface area contributed by atoms with Gasteiger partial charge >= 0.3 is 11.9 Å². The van der Waals surface area contributed by atoms with Crippen molar-refractivity contribution in [3.63, 3.8) is 0 Å². The van der Waals surface area contributed by atoms with Crippen molar-refractivity contribution in [2.75, 3.05) is 12.8 Å². The number of methoxy groups -OCH3 is 1. The lowest BCUT2D eigenvalue weighted by molar-refractivity contribution is -0.137. The van der Waals surface area contributed by atoms with Crippen molar-refractivity contribution >= 4 is 28.7 Å². The number of ether oxygens (including phenoxy) is 1. The minimum absolute atomic E-state index is 0.01000. The number of halogens is 4. The standard InChI is InChI=1S/C14H11ClF3N5O2/c1-25-8-4-7(14(16,17)18)3-2-6(8)5-23-11-9(20-13(23)24)10(15)21-12(19)22-11/h2-4H,5H2,1H3,(H,20,24)(H2,19,21,22). The Morgan fingerprint density at radius 1 is 1.36 bits per heavy atom. The number of fused-ring (bicyclic) bond motifs is 1. The van der Waals surface area contributed by atoms with E-state index in [0.29, 0.717) is 5.56 Å². The van der Waals surface area contributed by atoms with Gasteiger partial charge in [-0.1, -0.05) is 17.7 Å². The van der Waals surface area contributed by atoms with Crippen molar-refractivity contribution in [3.05, 3.63) is 45.0 Å². The largest absolute Gasteiger partial charge is 0.496 e. The SMILES string of the molecule is COc1cc(C(F)(F)F)ccc1Cn1c(=O)[nH]c2c(Cl)nc(N)nc21. The second-order valence-electron chi connectivity index (χ2n) is 5.11. The van der Waals surface area contributed by atoms with Gasteiger partial charge in [-0.3, -0.25) is 4.57 Å². The Morgan fingerprint density at radius 2 is 2.08 bits per heavy atom. The van der Waals surface area contributed by atoms with Gasteiger partial charge in [0.05, 0.1) is 19.2 Å². The van der Waals surface area contributed by atoms with Gasteiger partial charge in [0.25, 0.3) is 0 Å². The third-order valence-electron chi connectivity index (χ3n) is 3.54. The maximum atomic E-state index is 12.8. The number of nitrogens with zero attached hydrogens (tertiary/aromatic N) is 3. The van der Waals surface area contributed by atoms with Crippen molar-refractivity contribution in [2.45, 2.75) is 12.7 Å². The Kier molecular flexibility index (Phi) is 4.07. The van der Waals surface area contributed by atoms with Crippen LogP contribution in [0.25, 0.3) is 11.2 Å². The Bertz CT molecular complexity index is 1010. The molecule has 11 heteroatoms. The van der Waals surface area contributed by atoms with E-state index in [0.717, 1.165) is 12.1 Å². The van der Waals surface area contributed by atoms with Gasteiger partial charge in [-0.25, -0.2) is 4.79 Å². The van der Waals surface area contributed by atoms with Gasteiger partial charge in [0.2, 0.25) is 5.95 Å². The second-order valence-corrected chi connectivity index (χ2v) is 5.47. The topological polar surface area (TPSA) is 98.8 Å². The molecule has 132 valence electrons. The van der Waals surface area contributed by atoms with E-state index in [1.54, 1.807) is 0 Å². The highest BCUT2D eigenvalue weighted by Gasteiger charge is 2.31. The van der Waals surface area contributed by atoms with Crippen LogP contribution in [0.5, 0.6) is 5.75 Å². The van der Waals surface area contributed by atoms with E-state index < -0.39 is 17.4 Å². The minimum Gasteiger partial charge on any atom is -0.496 e. The van der Waals surface area contributed by atoms with Crippen LogP contribution in [0.3, 0.4) is 0 Å². The monoisotopic (exact) mass is 373 g/mol. The fraction of sp³-hybridized carbons (Fsp3) is 0.214. The van der Waals surface area contributed by atoms with E-state index in [9.17, 15) is 18.0 Å². The normalized spacial score (nSPS) is 11.9. The molecule has 0 unspecified atom stereocenters. The van der Waals surface area contributed by atoms with Gasteiger partial charge in [0, 0.05) is 5.56 Å². The third kappa shape index (κ3) is 3.12. The molecule has 3 rings (SSSR count). The van der Waals surface area contributed by atoms with E-state index in [1.807, 2.05) is 0 Å². The van der Waals surface area contributed by atoms with Crippen molar-refractivity contribution in [2.24, 2.45) is 0 Å². The van der Waals surface area contributed by atoms with E-state index >= 15 is 0 Å². The van der Waals surface area contributed by atoms with Gasteiger partial charge in [0.15, 0.2) is 10.8 Å². The lowest BCUT2D eigenvalue weighted by Gasteiger charge is -2.13. The summed E-state index contributed by atoms with van der Waals surface area (Å²) in [5, 5.41) is -0.0299. The van der Waals surface area contributed by atoms with Crippen LogP contribution in [0.1, 0.15) is 11.1 Å². The molecular formula is C14H11ClF3N5O2. The van der Waals surface area contributed by atoms with Crippen LogP contribution in [0, 0.1) is 0 Å². The lowest BCUT2D eigenvalue weighted by Crippen LogP contribution is -2.18. The van der Waals surface area contributed by atoms with E-state index in [1.165, 1.54) is 17.7 Å². The van der Waals surface area contributed by atoms with Gasteiger partial charge < -0.3 is 15.5 Å². The first-order chi connectivity index (χ1) is 11.7. The Hall–Kier alpha value is -2.75. The number of hydrogen-bond acceptors (Lipinski definition) is 5. The van der Waals surface area contributed by atoms with Crippen molar-refractivity contribution in [1.82, 2.24) is 19.5 Å². The molecule has 0 spiro atoms. The third-order valence-corrected chi connectivity index (χ3v) is 3.81. The average molecular weight is 374 g/mol. The molecule has 0 saturated carbocycles. The van der Waals surface area contributed by atoms with Crippen LogP contribution >= 0.6 is 11.6 Å². The second kappa shape index (κ2) is 5.96. The number of nitrogen functional groups attached to an aromatic ring is 1. The van der Waals surface area contributed by atoms with E-state index in [4.69, 9.17) is 22.1 Å². The lowest BCUT2D eigenvalue weighted by atomic mass is 10.1. The highest BCUT2D eigenvalue weighted by molar-refractivity contribution is 6.33. The number of aromatic nitrogens is 4. The highest BCUT2D eigenvalue weighted by Crippen LogP contribution is 2.33. The summed E-state index contributed by atoms with van der Waals surface area (Å²) >= 11 is 5.92. The number of nitrogens with one attached hydrogen (secondary N) is 1. The molecular weight excluding hydrogens is 363 g/mol. The van der Waals surface area contributed by atoms with Crippen molar-refractivity contribution in [3.8, 4) is 5.75 Å². The highest BCUT2D eigenvalue weighted by atomic mass is 35.5. The van der Waals surface area contributed by atoms with Gasteiger partial charge in [0.1, 0.15) is 11.3 Å². The van der Waals surface area contributed by atoms with Crippen LogP contribution in [-0.4, -0.2) is 26.6 Å². The van der Waals surface area contributed by atoms with Gasteiger partial charge in [-0.2, -0.15) is 23.1 Å². The molecule has 0 aliphatic rings. The Balaban J connectivity index is 2.10. The first-order valence-electron chi connectivity index (χ1n) is 6.86. The molecule has 25 heavy (non-hydrogen) atoms. The summed E-state index contributed by atoms with van der Waals surface area (Å²) in [5.74, 6) is -0.145. The molecule has 3 N–H and O–H groups in total. The number of anilines is 1. The molecule has 7 nitrogen and oxygen atoms in total. The van der Waals surface area contributed by atoms with Crippen LogP contribution in [0.2, 0.25) is 5.15 Å². The van der Waals surface area contributed by atoms with E-state index in [2.05, 4.69) is 15.0 Å². The summed E-state index contributed by atoms with van der Waals surface area (Å²) in [6.07, 6.45) is -4.50. The number of alkyl halides is 3. The molecule has 0 radical (unpaired) electrons. The quantitative estimate of drug-likeness (QED) is 0.687. The van der Waals surface area contributed by atoms with Gasteiger partial charge in [-0.15, -0.1) is 0 Å². The number of aromatic amines is 1. The zero-order chi connectivity index (χ0) is 18.4. The summed E-state index contributed by atoms with van der Waals surface area (Å²) in [6, 6.07) is 3.01. The molecule has 0 fully saturated rings. The van der Waals surface area contributed by atoms with Crippen LogP contribution < -0.4 is 16.2 Å². The number of H-pyrrole nitrogens is 1. The maximum Gasteiger partial charge on any atom is 0.416 e. The summed E-state index contributed by atoms with van der Waals surface area (Å²) in [6.45, 7) is -0.0904. The summed E-state index contributed by atoms with van der Waals surface area (Å²) in [5.41, 5.74) is 4.81. The van der Waals surface area contributed by atoms with E-state index in [-0.39, 0.29) is 34.6 Å². The van der Waals surface area contributed by atoms with Crippen LogP contribution in [-0.2, 0) is 12.7 Å². The smallest absolute Gasteiger partial charge is 0.416 e. The molecule has 0 saturated heterocycles. The van der Waals surface area contributed by atoms with Crippen LogP contribution in [0.4, 0.5) is 19.1 Å². The average Bonchev–Trinajstić information content (AvgIpc) is 2.83. The molecule has 0 atom stereocenters. The Morgan fingerprint density at radius 3 is 2.72 bits per heavy atom. The first-order valence-corrected chi connectivity index (χ1v) is 7.24. The predicted octanol–water partition coefficient (Wildman–Crippen LogP) is 2.43. The van der Waals surface area contributed by atoms with Crippen molar-refractivity contribution < 1.29 is 17.9 Å². The number of hydrogen-bond donors (Lipinski definition) is 2.